The highest BCUT2D eigenvalue weighted by atomic mass is 16.3. The highest BCUT2D eigenvalue weighted by molar-refractivity contribution is 6.40. The second-order valence-corrected chi connectivity index (χ2v) is 12.0. The largest absolute Gasteiger partial charge is 0.507 e. The predicted molar refractivity (Wildman–Crippen MR) is 174 cm³/mol. The molecule has 0 saturated heterocycles. The lowest BCUT2D eigenvalue weighted by Crippen LogP contribution is -2.13. The zero-order valence-corrected chi connectivity index (χ0v) is 24.0. The quantitative estimate of drug-likeness (QED) is 0.196. The van der Waals surface area contributed by atoms with Crippen molar-refractivity contribution in [3.8, 4) is 0 Å². The number of rotatable bonds is 3. The van der Waals surface area contributed by atoms with Crippen molar-refractivity contribution in [1.82, 2.24) is 0 Å². The molecule has 4 aromatic carbocycles. The van der Waals surface area contributed by atoms with Crippen LogP contribution in [0.1, 0.15) is 62.3 Å². The van der Waals surface area contributed by atoms with Gasteiger partial charge in [-0.2, -0.15) is 0 Å². The van der Waals surface area contributed by atoms with Gasteiger partial charge in [-0.3, -0.25) is 14.4 Å². The standard InChI is InChI=1S/C40H28O4/c41-37-31(38(42)33-20-27-8-2-1-7-26(27)19-32(33)37)11-5-6-23-12-14-25-15-13-24(17-30(25)16-23)18-36-39(43)34-21-28-9-3-4-10-29(28)22-35(34)40(36)44/h1-11,16-22,25,43H,12-15H2/b6-5+,24-18+. The smallest absolute Gasteiger partial charge is 0.197 e. The van der Waals surface area contributed by atoms with Crippen molar-refractivity contribution in [2.75, 3.05) is 0 Å². The second kappa shape index (κ2) is 10.1. The number of carbonyl (C=O) groups excluding carboxylic acids is 3. The Kier molecular flexibility index (Phi) is 6.05. The maximum atomic E-state index is 13.3. The third-order valence-corrected chi connectivity index (χ3v) is 9.39. The van der Waals surface area contributed by atoms with E-state index in [1.54, 1.807) is 6.08 Å². The Balaban J connectivity index is 1.05. The van der Waals surface area contributed by atoms with Crippen LogP contribution in [0, 0.1) is 5.92 Å². The van der Waals surface area contributed by atoms with E-state index in [1.165, 1.54) is 5.57 Å². The van der Waals surface area contributed by atoms with Crippen molar-refractivity contribution in [3.63, 3.8) is 0 Å². The van der Waals surface area contributed by atoms with Crippen molar-refractivity contribution in [1.29, 1.82) is 0 Å². The number of Topliss-reactive ketones (excluding diaryl/α,β-unsaturated/α-hetero) is 3. The number of benzene rings is 4. The summed E-state index contributed by atoms with van der Waals surface area (Å²) in [6.45, 7) is 0. The molecule has 1 N–H and O–H groups in total. The molecular weight excluding hydrogens is 544 g/mol. The van der Waals surface area contributed by atoms with Gasteiger partial charge in [0.2, 0.25) is 0 Å². The second-order valence-electron chi connectivity index (χ2n) is 12.0. The molecule has 4 aliphatic rings. The Hall–Kier alpha value is -5.35. The fraction of sp³-hybridized carbons (Fsp3) is 0.125. The zero-order chi connectivity index (χ0) is 29.9. The molecular formula is C40H28O4. The van der Waals surface area contributed by atoms with Crippen LogP contribution in [-0.4, -0.2) is 22.5 Å². The number of carbonyl (C=O) groups is 3. The zero-order valence-electron chi connectivity index (χ0n) is 24.0. The minimum absolute atomic E-state index is 0.0471. The molecule has 8 rings (SSSR count). The van der Waals surface area contributed by atoms with Crippen molar-refractivity contribution in [2.45, 2.75) is 25.7 Å². The van der Waals surface area contributed by atoms with E-state index in [4.69, 9.17) is 0 Å². The molecule has 4 aromatic rings. The molecule has 0 spiro atoms. The van der Waals surface area contributed by atoms with E-state index in [0.29, 0.717) is 33.7 Å². The van der Waals surface area contributed by atoms with Crippen LogP contribution in [-0.2, 0) is 0 Å². The summed E-state index contributed by atoms with van der Waals surface area (Å²) < 4.78 is 0. The highest BCUT2D eigenvalue weighted by Crippen LogP contribution is 2.40. The monoisotopic (exact) mass is 572 g/mol. The van der Waals surface area contributed by atoms with Gasteiger partial charge in [0.05, 0.1) is 11.1 Å². The molecule has 0 bridgehead atoms. The minimum atomic E-state index is -0.225. The SMILES string of the molecule is O=C1C(=C/C=C/C2=CC3=C/C(=C/C4=C(O)c5cc6ccccc6cc5C4=O)CCC3CC2)C(=O)c2cc3ccccc3cc21. The molecule has 0 saturated carbocycles. The topological polar surface area (TPSA) is 71.4 Å². The van der Waals surface area contributed by atoms with Gasteiger partial charge >= 0.3 is 0 Å². The van der Waals surface area contributed by atoms with Crippen LogP contribution in [0.4, 0.5) is 0 Å². The molecule has 0 aliphatic heterocycles. The Morgan fingerprint density at radius 1 is 0.659 bits per heavy atom. The van der Waals surface area contributed by atoms with Crippen LogP contribution in [0.3, 0.4) is 0 Å². The Labute approximate surface area is 254 Å². The summed E-state index contributed by atoms with van der Waals surface area (Å²) in [6, 6.07) is 23.0. The van der Waals surface area contributed by atoms with E-state index < -0.39 is 0 Å². The summed E-state index contributed by atoms with van der Waals surface area (Å²) in [7, 11) is 0. The Bertz CT molecular complexity index is 2120. The molecule has 0 fully saturated rings. The Morgan fingerprint density at radius 2 is 1.20 bits per heavy atom. The molecule has 0 radical (unpaired) electrons. The van der Waals surface area contributed by atoms with E-state index in [9.17, 15) is 19.5 Å². The summed E-state index contributed by atoms with van der Waals surface area (Å²) in [4.78, 5) is 39.5. The summed E-state index contributed by atoms with van der Waals surface area (Å²) >= 11 is 0. The highest BCUT2D eigenvalue weighted by Gasteiger charge is 2.33. The fourth-order valence-corrected chi connectivity index (χ4v) is 7.02. The van der Waals surface area contributed by atoms with Crippen molar-refractivity contribution >= 4 is 44.7 Å². The lowest BCUT2D eigenvalue weighted by atomic mass is 9.77. The van der Waals surface area contributed by atoms with E-state index in [0.717, 1.165) is 58.4 Å². The van der Waals surface area contributed by atoms with Gasteiger partial charge in [-0.1, -0.05) is 72.8 Å². The molecule has 4 nitrogen and oxygen atoms in total. The average molecular weight is 573 g/mol. The number of aliphatic hydroxyl groups is 1. The molecule has 1 atom stereocenters. The molecule has 1 unspecified atom stereocenters. The van der Waals surface area contributed by atoms with Crippen molar-refractivity contribution in [2.24, 2.45) is 5.92 Å². The summed E-state index contributed by atoms with van der Waals surface area (Å²) in [5.41, 5.74) is 6.00. The van der Waals surface area contributed by atoms with E-state index in [1.807, 2.05) is 91.0 Å². The van der Waals surface area contributed by atoms with Gasteiger partial charge in [-0.05, 0) is 106 Å². The van der Waals surface area contributed by atoms with Gasteiger partial charge in [0.25, 0.3) is 0 Å². The van der Waals surface area contributed by atoms with E-state index in [2.05, 4.69) is 12.2 Å². The Morgan fingerprint density at radius 3 is 1.82 bits per heavy atom. The maximum absolute atomic E-state index is 13.3. The molecule has 0 amide bonds. The van der Waals surface area contributed by atoms with E-state index in [-0.39, 0.29) is 28.7 Å². The first-order valence-corrected chi connectivity index (χ1v) is 15.1. The average Bonchev–Trinajstić information content (AvgIpc) is 3.41. The van der Waals surface area contributed by atoms with Crippen molar-refractivity contribution < 1.29 is 19.5 Å². The van der Waals surface area contributed by atoms with Crippen LogP contribution in [0.25, 0.3) is 27.3 Å². The fourth-order valence-electron chi connectivity index (χ4n) is 7.02. The number of allylic oxidation sites excluding steroid dienone is 11. The van der Waals surface area contributed by atoms with E-state index >= 15 is 0 Å². The number of hydrogen-bond acceptors (Lipinski definition) is 4. The molecule has 4 aliphatic carbocycles. The van der Waals surface area contributed by atoms with Crippen LogP contribution >= 0.6 is 0 Å². The molecule has 0 aromatic heterocycles. The first-order chi connectivity index (χ1) is 21.4. The lowest BCUT2D eigenvalue weighted by molar-refractivity contribution is 0.0986. The minimum Gasteiger partial charge on any atom is -0.507 e. The van der Waals surface area contributed by atoms with Crippen LogP contribution < -0.4 is 0 Å². The molecule has 4 heteroatoms. The van der Waals surface area contributed by atoms with Gasteiger partial charge in [-0.25, -0.2) is 0 Å². The van der Waals surface area contributed by atoms with Gasteiger partial charge in [0.1, 0.15) is 5.76 Å². The summed E-state index contributed by atoms with van der Waals surface area (Å²) in [6.07, 6.45) is 15.4. The van der Waals surface area contributed by atoms with Gasteiger partial charge in [0.15, 0.2) is 17.3 Å². The first-order valence-electron chi connectivity index (χ1n) is 15.1. The summed E-state index contributed by atoms with van der Waals surface area (Å²) in [5, 5.41) is 14.9. The normalized spacial score (nSPS) is 20.5. The number of aliphatic hydroxyl groups excluding tert-OH is 1. The van der Waals surface area contributed by atoms with Crippen LogP contribution in [0.2, 0.25) is 0 Å². The maximum Gasteiger partial charge on any atom is 0.197 e. The van der Waals surface area contributed by atoms with Gasteiger partial charge < -0.3 is 5.11 Å². The van der Waals surface area contributed by atoms with Gasteiger partial charge in [-0.15, -0.1) is 0 Å². The third-order valence-electron chi connectivity index (χ3n) is 9.39. The third kappa shape index (κ3) is 4.25. The lowest BCUT2D eigenvalue weighted by Gasteiger charge is -2.28. The van der Waals surface area contributed by atoms with Crippen LogP contribution in [0.15, 0.2) is 137 Å². The van der Waals surface area contributed by atoms with Gasteiger partial charge in [0, 0.05) is 22.3 Å². The van der Waals surface area contributed by atoms with Crippen molar-refractivity contribution in [3.05, 3.63) is 159 Å². The molecule has 44 heavy (non-hydrogen) atoms. The number of ketones is 3. The molecule has 0 heterocycles. The first kappa shape index (κ1) is 26.3. The van der Waals surface area contributed by atoms with Crippen LogP contribution in [0.5, 0.6) is 0 Å². The molecule has 212 valence electrons. The number of fused-ring (bicyclic) bond motifs is 5. The predicted octanol–water partition coefficient (Wildman–Crippen LogP) is 9.00. The summed E-state index contributed by atoms with van der Waals surface area (Å²) in [5.74, 6) is -0.0906. The number of hydrogen-bond donors (Lipinski definition) is 1.